The number of thioether (sulfide) groups is 1. The quantitative estimate of drug-likeness (QED) is 0.216. The minimum atomic E-state index is -0.202. The van der Waals surface area contributed by atoms with E-state index < -0.39 is 0 Å². The lowest BCUT2D eigenvalue weighted by Crippen LogP contribution is -2.19. The number of carbonyl (C=O) groups is 1. The number of fused-ring (bicyclic) bond motifs is 1. The first-order chi connectivity index (χ1) is 18.5. The van der Waals surface area contributed by atoms with E-state index >= 15 is 0 Å². The fourth-order valence-electron chi connectivity index (χ4n) is 3.98. The average molecular weight is 590 g/mol. The van der Waals surface area contributed by atoms with E-state index in [1.165, 1.54) is 22.5 Å². The molecule has 0 bridgehead atoms. The summed E-state index contributed by atoms with van der Waals surface area (Å²) in [6.07, 6.45) is 1.81. The van der Waals surface area contributed by atoms with Gasteiger partial charge in [-0.3, -0.25) is 4.79 Å². The summed E-state index contributed by atoms with van der Waals surface area (Å²) in [6, 6.07) is 25.7. The number of hydrogen-bond acceptors (Lipinski definition) is 6. The minimum Gasteiger partial charge on any atom is -0.494 e. The predicted octanol–water partition coefficient (Wildman–Crippen LogP) is 7.48. The number of amides is 1. The van der Waals surface area contributed by atoms with Gasteiger partial charge < -0.3 is 19.5 Å². The van der Waals surface area contributed by atoms with Gasteiger partial charge in [0.15, 0.2) is 16.7 Å². The molecule has 5 rings (SSSR count). The summed E-state index contributed by atoms with van der Waals surface area (Å²) in [7, 11) is 1.60. The van der Waals surface area contributed by atoms with Gasteiger partial charge in [-0.05, 0) is 105 Å². The van der Waals surface area contributed by atoms with E-state index in [1.807, 2.05) is 55.5 Å². The number of carbonyl (C=O) groups excluding carboxylic acids is 1. The predicted molar refractivity (Wildman–Crippen MR) is 157 cm³/mol. The summed E-state index contributed by atoms with van der Waals surface area (Å²) in [4.78, 5) is 17.7. The first kappa shape index (κ1) is 25.9. The Morgan fingerprint density at radius 1 is 0.974 bits per heavy atom. The average Bonchev–Trinajstić information content (AvgIpc) is 3.26. The number of nitrogens with zero attached hydrogens (tertiary/aromatic N) is 1. The minimum absolute atomic E-state index is 0.202. The number of ether oxygens (including phenoxy) is 3. The van der Waals surface area contributed by atoms with Gasteiger partial charge in [-0.25, -0.2) is 4.99 Å². The fourth-order valence-corrected chi connectivity index (χ4v) is 5.40. The highest BCUT2D eigenvalue weighted by molar-refractivity contribution is 9.10. The van der Waals surface area contributed by atoms with Crippen molar-refractivity contribution in [2.75, 3.05) is 13.7 Å². The Morgan fingerprint density at radius 2 is 1.76 bits per heavy atom. The topological polar surface area (TPSA) is 69.2 Å². The largest absolute Gasteiger partial charge is 0.494 e. The van der Waals surface area contributed by atoms with Crippen molar-refractivity contribution < 1.29 is 19.0 Å². The highest BCUT2D eigenvalue weighted by atomic mass is 79.9. The van der Waals surface area contributed by atoms with Crippen LogP contribution >= 0.6 is 27.7 Å². The molecule has 0 atom stereocenters. The Bertz CT molecular complexity index is 1550. The highest BCUT2D eigenvalue weighted by Gasteiger charge is 2.24. The van der Waals surface area contributed by atoms with Crippen LogP contribution in [0.25, 0.3) is 16.8 Å². The van der Waals surface area contributed by atoms with Crippen LogP contribution in [0.15, 0.2) is 93.2 Å². The molecule has 0 saturated carbocycles. The molecule has 1 saturated heterocycles. The van der Waals surface area contributed by atoms with Crippen molar-refractivity contribution >= 4 is 61.3 Å². The summed E-state index contributed by atoms with van der Waals surface area (Å²) in [5, 5.41) is 5.70. The smallest absolute Gasteiger partial charge is 0.264 e. The molecule has 1 N–H and O–H groups in total. The second kappa shape index (κ2) is 11.8. The van der Waals surface area contributed by atoms with Gasteiger partial charge in [0.25, 0.3) is 5.91 Å². The Labute approximate surface area is 233 Å². The first-order valence-corrected chi connectivity index (χ1v) is 13.6. The zero-order valence-corrected chi connectivity index (χ0v) is 23.3. The normalized spacial score (nSPS) is 15.2. The van der Waals surface area contributed by atoms with Crippen molar-refractivity contribution in [1.29, 1.82) is 0 Å². The summed E-state index contributed by atoms with van der Waals surface area (Å²) in [5.41, 5.74) is 2.59. The molecule has 4 aromatic carbocycles. The molecule has 1 heterocycles. The summed E-state index contributed by atoms with van der Waals surface area (Å²) < 4.78 is 18.0. The summed E-state index contributed by atoms with van der Waals surface area (Å²) >= 11 is 4.90. The van der Waals surface area contributed by atoms with Gasteiger partial charge in [0.05, 0.1) is 28.8 Å². The number of benzene rings is 4. The van der Waals surface area contributed by atoms with Gasteiger partial charge in [0.2, 0.25) is 0 Å². The van der Waals surface area contributed by atoms with Gasteiger partial charge >= 0.3 is 0 Å². The maximum atomic E-state index is 12.6. The summed E-state index contributed by atoms with van der Waals surface area (Å²) in [5.74, 6) is 1.75. The van der Waals surface area contributed by atoms with Gasteiger partial charge in [0, 0.05) is 0 Å². The van der Waals surface area contributed by atoms with Gasteiger partial charge in [-0.15, -0.1) is 0 Å². The molecule has 4 aromatic rings. The fraction of sp³-hybridized carbons (Fsp3) is 0.133. The van der Waals surface area contributed by atoms with E-state index in [9.17, 15) is 4.79 Å². The molecule has 6 nitrogen and oxygen atoms in total. The Hall–Kier alpha value is -3.75. The Balaban J connectivity index is 1.31. The molecular formula is C30H25BrN2O4S. The van der Waals surface area contributed by atoms with E-state index in [4.69, 9.17) is 14.2 Å². The Kier molecular flexibility index (Phi) is 8.00. The van der Waals surface area contributed by atoms with E-state index in [0.717, 1.165) is 27.0 Å². The maximum absolute atomic E-state index is 12.6. The van der Waals surface area contributed by atoms with E-state index in [-0.39, 0.29) is 5.91 Å². The molecule has 192 valence electrons. The van der Waals surface area contributed by atoms with Crippen LogP contribution in [0.3, 0.4) is 0 Å². The van der Waals surface area contributed by atoms with Crippen molar-refractivity contribution in [2.24, 2.45) is 4.99 Å². The number of rotatable bonds is 8. The van der Waals surface area contributed by atoms with Crippen LogP contribution in [-0.2, 0) is 11.4 Å². The lowest BCUT2D eigenvalue weighted by atomic mass is 10.1. The van der Waals surface area contributed by atoms with Crippen LogP contribution in [0.5, 0.6) is 17.2 Å². The van der Waals surface area contributed by atoms with E-state index in [0.29, 0.717) is 34.8 Å². The number of methoxy groups -OCH3 is 1. The monoisotopic (exact) mass is 588 g/mol. The van der Waals surface area contributed by atoms with Crippen LogP contribution in [0.1, 0.15) is 18.1 Å². The van der Waals surface area contributed by atoms with Crippen LogP contribution < -0.4 is 19.5 Å². The van der Waals surface area contributed by atoms with E-state index in [1.54, 1.807) is 13.2 Å². The molecule has 1 amide bonds. The molecule has 1 aliphatic heterocycles. The van der Waals surface area contributed by atoms with Crippen molar-refractivity contribution in [3.8, 4) is 17.2 Å². The molecule has 1 aliphatic rings. The SMILES string of the molecule is CCOc1ccc(N=C2NC(=O)/C(=C\c3cc(Br)c(OCc4ccc5ccccc5c4)c(OC)c3)S2)cc1. The molecule has 0 unspecified atom stereocenters. The zero-order valence-electron chi connectivity index (χ0n) is 20.9. The number of hydrogen-bond donors (Lipinski definition) is 1. The van der Waals surface area contributed by atoms with Crippen LogP contribution in [0.4, 0.5) is 5.69 Å². The molecule has 8 heteroatoms. The number of nitrogens with one attached hydrogen (secondary N) is 1. The summed E-state index contributed by atoms with van der Waals surface area (Å²) in [6.45, 7) is 2.93. The molecule has 0 radical (unpaired) electrons. The maximum Gasteiger partial charge on any atom is 0.264 e. The van der Waals surface area contributed by atoms with Gasteiger partial charge in [0.1, 0.15) is 12.4 Å². The van der Waals surface area contributed by atoms with Crippen molar-refractivity contribution in [3.63, 3.8) is 0 Å². The third-order valence-electron chi connectivity index (χ3n) is 5.78. The zero-order chi connectivity index (χ0) is 26.5. The van der Waals surface area contributed by atoms with Crippen LogP contribution in [0.2, 0.25) is 0 Å². The molecule has 38 heavy (non-hydrogen) atoms. The number of halogens is 1. The molecule has 0 aromatic heterocycles. The molecule has 1 fully saturated rings. The van der Waals surface area contributed by atoms with Gasteiger partial charge in [-0.2, -0.15) is 0 Å². The third kappa shape index (κ3) is 6.03. The standard InChI is InChI=1S/C30H25BrN2O4S/c1-3-36-24-12-10-23(11-13-24)32-30-33-29(34)27(38-30)17-20-15-25(31)28(26(16-20)35-2)37-18-19-8-9-21-6-4-5-7-22(21)14-19/h4-17H,3,18H2,1-2H3,(H,32,33,34)/b27-17+. The van der Waals surface area contributed by atoms with Crippen molar-refractivity contribution in [1.82, 2.24) is 5.32 Å². The Morgan fingerprint density at radius 3 is 2.53 bits per heavy atom. The second-order valence-electron chi connectivity index (χ2n) is 8.41. The molecule has 0 spiro atoms. The highest BCUT2D eigenvalue weighted by Crippen LogP contribution is 2.39. The second-order valence-corrected chi connectivity index (χ2v) is 10.3. The number of aliphatic imine (C=N–C) groups is 1. The lowest BCUT2D eigenvalue weighted by molar-refractivity contribution is -0.115. The molecular weight excluding hydrogens is 564 g/mol. The third-order valence-corrected chi connectivity index (χ3v) is 7.27. The van der Waals surface area contributed by atoms with Crippen LogP contribution in [-0.4, -0.2) is 24.8 Å². The van der Waals surface area contributed by atoms with Crippen molar-refractivity contribution in [3.05, 3.63) is 99.4 Å². The van der Waals surface area contributed by atoms with Crippen molar-refractivity contribution in [2.45, 2.75) is 13.5 Å². The molecule has 0 aliphatic carbocycles. The van der Waals surface area contributed by atoms with Crippen LogP contribution in [0, 0.1) is 0 Å². The number of amidine groups is 1. The van der Waals surface area contributed by atoms with E-state index in [2.05, 4.69) is 56.6 Å². The first-order valence-electron chi connectivity index (χ1n) is 12.0. The lowest BCUT2D eigenvalue weighted by Gasteiger charge is -2.14. The van der Waals surface area contributed by atoms with Gasteiger partial charge in [-0.1, -0.05) is 36.4 Å².